The minimum Gasteiger partial charge on any atom is -0.420 e. The summed E-state index contributed by atoms with van der Waals surface area (Å²) in [5, 5.41) is 8.03. The van der Waals surface area contributed by atoms with Crippen molar-refractivity contribution in [3.8, 4) is 10.8 Å². The smallest absolute Gasteiger partial charge is 0.257 e. The maximum Gasteiger partial charge on any atom is 0.257 e. The van der Waals surface area contributed by atoms with Gasteiger partial charge in [-0.2, -0.15) is 0 Å². The van der Waals surface area contributed by atoms with Crippen molar-refractivity contribution < 1.29 is 12.8 Å². The lowest BCUT2D eigenvalue weighted by Gasteiger charge is -2.00. The average molecular weight is 299 g/mol. The van der Waals surface area contributed by atoms with E-state index in [9.17, 15) is 8.42 Å². The van der Waals surface area contributed by atoms with E-state index in [1.54, 1.807) is 6.07 Å². The van der Waals surface area contributed by atoms with E-state index in [1.807, 2.05) is 6.92 Å². The van der Waals surface area contributed by atoms with Gasteiger partial charge in [0.15, 0.2) is 0 Å². The molecule has 1 aliphatic carbocycles. The zero-order valence-corrected chi connectivity index (χ0v) is 12.1. The van der Waals surface area contributed by atoms with Crippen molar-refractivity contribution in [1.82, 2.24) is 10.2 Å². The van der Waals surface area contributed by atoms with E-state index in [1.165, 1.54) is 11.3 Å². The van der Waals surface area contributed by atoms with Crippen molar-refractivity contribution in [2.24, 2.45) is 0 Å². The monoisotopic (exact) mass is 299 g/mol. The van der Waals surface area contributed by atoms with Gasteiger partial charge in [-0.15, -0.1) is 21.5 Å². The fourth-order valence-electron chi connectivity index (χ4n) is 1.72. The number of hydrogen-bond acceptors (Lipinski definition) is 6. The number of hydrogen-bond donors (Lipinski definition) is 1. The van der Waals surface area contributed by atoms with E-state index < -0.39 is 10.0 Å². The molecule has 102 valence electrons. The number of aromatic nitrogens is 2. The predicted molar refractivity (Wildman–Crippen MR) is 72.8 cm³/mol. The third-order valence-electron chi connectivity index (χ3n) is 2.79. The first-order valence-corrected chi connectivity index (χ1v) is 8.55. The van der Waals surface area contributed by atoms with E-state index in [4.69, 9.17) is 4.42 Å². The molecule has 1 saturated carbocycles. The van der Waals surface area contributed by atoms with Crippen molar-refractivity contribution in [3.63, 3.8) is 0 Å². The molecule has 1 aliphatic rings. The fourth-order valence-corrected chi connectivity index (χ4v) is 3.29. The third-order valence-corrected chi connectivity index (χ3v) is 4.42. The Morgan fingerprint density at radius 3 is 2.79 bits per heavy atom. The van der Waals surface area contributed by atoms with Crippen LogP contribution in [0.3, 0.4) is 0 Å². The highest BCUT2D eigenvalue weighted by molar-refractivity contribution is 7.92. The molecule has 6 nitrogen and oxygen atoms in total. The van der Waals surface area contributed by atoms with Gasteiger partial charge in [0.05, 0.1) is 16.8 Å². The summed E-state index contributed by atoms with van der Waals surface area (Å²) in [6.07, 6.45) is 3.33. The zero-order chi connectivity index (χ0) is 13.6. The summed E-state index contributed by atoms with van der Waals surface area (Å²) < 4.78 is 30.6. The van der Waals surface area contributed by atoms with Crippen LogP contribution in [0, 0.1) is 6.92 Å². The molecule has 0 amide bonds. The quantitative estimate of drug-likeness (QED) is 0.936. The number of nitrogens with one attached hydrogen (secondary N) is 1. The molecule has 1 N–H and O–H groups in total. The highest BCUT2D eigenvalue weighted by Crippen LogP contribution is 2.41. The van der Waals surface area contributed by atoms with Crippen LogP contribution >= 0.6 is 11.3 Å². The van der Waals surface area contributed by atoms with E-state index >= 15 is 0 Å². The maximum atomic E-state index is 11.2. The molecular formula is C11H13N3O3S2. The summed E-state index contributed by atoms with van der Waals surface area (Å²) >= 11 is 1.43. The summed E-state index contributed by atoms with van der Waals surface area (Å²) in [7, 11) is -3.28. The lowest BCUT2D eigenvalue weighted by molar-refractivity contribution is 0.509. The van der Waals surface area contributed by atoms with Gasteiger partial charge in [-0.05, 0) is 25.8 Å². The second kappa shape index (κ2) is 4.31. The Morgan fingerprint density at radius 1 is 1.42 bits per heavy atom. The highest BCUT2D eigenvalue weighted by atomic mass is 32.2. The predicted octanol–water partition coefficient (Wildman–Crippen LogP) is 2.36. The Balaban J connectivity index is 1.90. The fraction of sp³-hybridized carbons (Fsp3) is 0.455. The van der Waals surface area contributed by atoms with Gasteiger partial charge in [0.25, 0.3) is 5.89 Å². The number of sulfonamides is 1. The van der Waals surface area contributed by atoms with Crippen LogP contribution in [0.25, 0.3) is 10.8 Å². The molecule has 19 heavy (non-hydrogen) atoms. The first-order chi connectivity index (χ1) is 8.92. The first-order valence-electron chi connectivity index (χ1n) is 5.84. The molecule has 2 aromatic heterocycles. The molecule has 0 aliphatic heterocycles. The summed E-state index contributed by atoms with van der Waals surface area (Å²) in [5.74, 6) is 1.55. The van der Waals surface area contributed by atoms with Crippen LogP contribution < -0.4 is 4.72 Å². The van der Waals surface area contributed by atoms with Crippen LogP contribution in [-0.4, -0.2) is 24.9 Å². The van der Waals surface area contributed by atoms with Gasteiger partial charge < -0.3 is 4.42 Å². The second-order valence-corrected chi connectivity index (χ2v) is 7.68. The minimum absolute atomic E-state index is 0.413. The number of nitrogens with zero attached hydrogens (tertiary/aromatic N) is 2. The topological polar surface area (TPSA) is 85.1 Å². The number of anilines is 1. The minimum atomic E-state index is -3.28. The largest absolute Gasteiger partial charge is 0.420 e. The van der Waals surface area contributed by atoms with Crippen LogP contribution in [0.15, 0.2) is 10.5 Å². The lowest BCUT2D eigenvalue weighted by Crippen LogP contribution is -2.09. The van der Waals surface area contributed by atoms with Crippen LogP contribution in [0.5, 0.6) is 0 Å². The van der Waals surface area contributed by atoms with Crippen LogP contribution in [0.4, 0.5) is 5.69 Å². The van der Waals surface area contributed by atoms with Gasteiger partial charge in [-0.25, -0.2) is 8.42 Å². The molecular weight excluding hydrogens is 286 g/mol. The molecule has 0 atom stereocenters. The average Bonchev–Trinajstić information content (AvgIpc) is 2.92. The summed E-state index contributed by atoms with van der Waals surface area (Å²) in [6.45, 7) is 1.85. The summed E-state index contributed by atoms with van der Waals surface area (Å²) in [6, 6.07) is 1.73. The van der Waals surface area contributed by atoms with Gasteiger partial charge >= 0.3 is 0 Å². The molecule has 0 bridgehead atoms. The van der Waals surface area contributed by atoms with Gasteiger partial charge in [-0.1, -0.05) is 0 Å². The van der Waals surface area contributed by atoms with E-state index in [0.29, 0.717) is 23.4 Å². The highest BCUT2D eigenvalue weighted by Gasteiger charge is 2.29. The van der Waals surface area contributed by atoms with Crippen molar-refractivity contribution >= 4 is 27.0 Å². The van der Waals surface area contributed by atoms with Crippen LogP contribution in [0.2, 0.25) is 0 Å². The molecule has 8 heteroatoms. The zero-order valence-electron chi connectivity index (χ0n) is 10.5. The Morgan fingerprint density at radius 2 is 2.16 bits per heavy atom. The molecule has 0 saturated heterocycles. The van der Waals surface area contributed by atoms with E-state index in [-0.39, 0.29) is 0 Å². The van der Waals surface area contributed by atoms with Gasteiger partial charge in [0, 0.05) is 10.8 Å². The normalized spacial score (nSPS) is 15.7. The third kappa shape index (κ3) is 2.79. The Hall–Kier alpha value is -1.41. The summed E-state index contributed by atoms with van der Waals surface area (Å²) in [5.41, 5.74) is 0.564. The molecule has 3 rings (SSSR count). The standard InChI is InChI=1S/C11H13N3O3S2/c1-6-8(14-19(2,15)16)5-9(18-6)11-13-12-10(17-11)7-3-4-7/h5,7,14H,3-4H2,1-2H3. The van der Waals surface area contributed by atoms with Gasteiger partial charge in [0.2, 0.25) is 15.9 Å². The number of aryl methyl sites for hydroxylation is 1. The van der Waals surface area contributed by atoms with E-state index in [0.717, 1.165) is 28.9 Å². The molecule has 2 heterocycles. The Kier molecular flexibility index (Phi) is 2.86. The number of rotatable bonds is 4. The molecule has 2 aromatic rings. The van der Waals surface area contributed by atoms with Gasteiger partial charge in [0.1, 0.15) is 0 Å². The molecule has 0 radical (unpaired) electrons. The lowest BCUT2D eigenvalue weighted by atomic mass is 10.4. The Bertz CT molecular complexity index is 713. The first kappa shape index (κ1) is 12.6. The van der Waals surface area contributed by atoms with Crippen molar-refractivity contribution in [2.45, 2.75) is 25.7 Å². The van der Waals surface area contributed by atoms with Crippen LogP contribution in [0.1, 0.15) is 29.5 Å². The molecule has 0 unspecified atom stereocenters. The Labute approximate surface area is 114 Å². The van der Waals surface area contributed by atoms with Crippen LogP contribution in [-0.2, 0) is 10.0 Å². The summed E-state index contributed by atoms with van der Waals surface area (Å²) in [4.78, 5) is 1.65. The van der Waals surface area contributed by atoms with Gasteiger partial charge in [-0.3, -0.25) is 4.72 Å². The second-order valence-electron chi connectivity index (χ2n) is 4.67. The van der Waals surface area contributed by atoms with Crippen molar-refractivity contribution in [1.29, 1.82) is 0 Å². The van der Waals surface area contributed by atoms with Crippen molar-refractivity contribution in [3.05, 3.63) is 16.8 Å². The number of thiophene rings is 1. The molecule has 0 spiro atoms. The SMILES string of the molecule is Cc1sc(-c2nnc(C3CC3)o2)cc1NS(C)(=O)=O. The van der Waals surface area contributed by atoms with Crippen molar-refractivity contribution in [2.75, 3.05) is 11.0 Å². The molecule has 0 aromatic carbocycles. The van der Waals surface area contributed by atoms with E-state index in [2.05, 4.69) is 14.9 Å². The maximum absolute atomic E-state index is 11.2. The molecule has 1 fully saturated rings.